The molecule has 1 saturated heterocycles. The fraction of sp³-hybridized carbons (Fsp3) is 0.467. The second kappa shape index (κ2) is 4.41. The Balaban J connectivity index is 2.18. The first-order valence-corrected chi connectivity index (χ1v) is 6.59. The summed E-state index contributed by atoms with van der Waals surface area (Å²) in [4.78, 5) is 0. The lowest BCUT2D eigenvalue weighted by Gasteiger charge is -2.31. The summed E-state index contributed by atoms with van der Waals surface area (Å²) in [5.41, 5.74) is 4.01. The standard InChI is InChI=1S/C15H20N2O/c1-10-14(15-11(2)18-9-8-16-15)12-6-4-5-7-13(12)17(10)3/h4-7,11,15-16H,8-9H2,1-3H3. The van der Waals surface area contributed by atoms with Crippen molar-refractivity contribution in [2.45, 2.75) is 26.0 Å². The smallest absolute Gasteiger partial charge is 0.0743 e. The van der Waals surface area contributed by atoms with E-state index in [4.69, 9.17) is 4.74 Å². The SMILES string of the molecule is Cc1c(C2NCCOC2C)c2ccccc2n1C. The summed E-state index contributed by atoms with van der Waals surface area (Å²) in [5.74, 6) is 0. The minimum Gasteiger partial charge on any atom is -0.375 e. The Morgan fingerprint density at radius 1 is 1.33 bits per heavy atom. The van der Waals surface area contributed by atoms with Gasteiger partial charge >= 0.3 is 0 Å². The topological polar surface area (TPSA) is 26.2 Å². The Bertz CT molecular complexity index is 573. The van der Waals surface area contributed by atoms with Crippen LogP contribution >= 0.6 is 0 Å². The largest absolute Gasteiger partial charge is 0.375 e. The predicted octanol–water partition coefficient (Wildman–Crippen LogP) is 2.54. The van der Waals surface area contributed by atoms with Crippen molar-refractivity contribution >= 4 is 10.9 Å². The van der Waals surface area contributed by atoms with Gasteiger partial charge in [-0.2, -0.15) is 0 Å². The highest BCUT2D eigenvalue weighted by molar-refractivity contribution is 5.86. The van der Waals surface area contributed by atoms with Crippen molar-refractivity contribution in [1.29, 1.82) is 0 Å². The molecule has 18 heavy (non-hydrogen) atoms. The van der Waals surface area contributed by atoms with Gasteiger partial charge in [0.1, 0.15) is 0 Å². The lowest BCUT2D eigenvalue weighted by molar-refractivity contribution is 0.00773. The van der Waals surface area contributed by atoms with Crippen LogP contribution in [0.1, 0.15) is 24.2 Å². The third-order valence-corrected chi connectivity index (χ3v) is 4.08. The third-order valence-electron chi connectivity index (χ3n) is 4.08. The molecular formula is C15H20N2O. The van der Waals surface area contributed by atoms with Gasteiger partial charge in [0, 0.05) is 35.8 Å². The molecule has 1 fully saturated rings. The van der Waals surface area contributed by atoms with Crippen molar-refractivity contribution in [3.63, 3.8) is 0 Å². The molecule has 2 unspecified atom stereocenters. The van der Waals surface area contributed by atoms with Crippen LogP contribution in [0.5, 0.6) is 0 Å². The predicted molar refractivity (Wildman–Crippen MR) is 73.8 cm³/mol. The summed E-state index contributed by atoms with van der Waals surface area (Å²) in [6.45, 7) is 6.08. The molecular weight excluding hydrogens is 224 g/mol. The van der Waals surface area contributed by atoms with E-state index in [0.717, 1.165) is 13.2 Å². The van der Waals surface area contributed by atoms with E-state index in [2.05, 4.69) is 55.0 Å². The van der Waals surface area contributed by atoms with Crippen LogP contribution in [-0.2, 0) is 11.8 Å². The zero-order valence-corrected chi connectivity index (χ0v) is 11.2. The Morgan fingerprint density at radius 3 is 2.89 bits per heavy atom. The molecule has 0 spiro atoms. The maximum absolute atomic E-state index is 5.79. The molecule has 1 N–H and O–H groups in total. The monoisotopic (exact) mass is 244 g/mol. The number of ether oxygens (including phenoxy) is 1. The van der Waals surface area contributed by atoms with Crippen LogP contribution in [-0.4, -0.2) is 23.8 Å². The van der Waals surface area contributed by atoms with Crippen molar-refractivity contribution < 1.29 is 4.74 Å². The normalized spacial score (nSPS) is 24.6. The molecule has 1 aromatic carbocycles. The van der Waals surface area contributed by atoms with Gasteiger partial charge in [0.05, 0.1) is 18.8 Å². The van der Waals surface area contributed by atoms with Crippen LogP contribution < -0.4 is 5.32 Å². The highest BCUT2D eigenvalue weighted by Crippen LogP contribution is 2.33. The fourth-order valence-electron chi connectivity index (χ4n) is 3.00. The van der Waals surface area contributed by atoms with E-state index in [1.807, 2.05) is 0 Å². The molecule has 2 atom stereocenters. The Labute approximate surface area is 108 Å². The number of aryl methyl sites for hydroxylation is 1. The maximum Gasteiger partial charge on any atom is 0.0743 e. The van der Waals surface area contributed by atoms with Crippen LogP contribution in [0, 0.1) is 6.92 Å². The van der Waals surface area contributed by atoms with Crippen LogP contribution in [0.2, 0.25) is 0 Å². The molecule has 0 aliphatic carbocycles. The average Bonchev–Trinajstić information content (AvgIpc) is 2.64. The number of fused-ring (bicyclic) bond motifs is 1. The fourth-order valence-corrected chi connectivity index (χ4v) is 3.00. The first-order valence-electron chi connectivity index (χ1n) is 6.59. The third kappa shape index (κ3) is 1.66. The van der Waals surface area contributed by atoms with E-state index < -0.39 is 0 Å². The van der Waals surface area contributed by atoms with Crippen LogP contribution in [0.3, 0.4) is 0 Å². The Morgan fingerprint density at radius 2 is 2.11 bits per heavy atom. The minimum atomic E-state index is 0.225. The molecule has 0 amide bonds. The van der Waals surface area contributed by atoms with Gasteiger partial charge < -0.3 is 14.6 Å². The molecule has 3 nitrogen and oxygen atoms in total. The van der Waals surface area contributed by atoms with Gasteiger partial charge in [0.25, 0.3) is 0 Å². The van der Waals surface area contributed by atoms with Crippen molar-refractivity contribution in [2.24, 2.45) is 7.05 Å². The summed E-state index contributed by atoms with van der Waals surface area (Å²) in [5, 5.41) is 4.93. The van der Waals surface area contributed by atoms with Gasteiger partial charge in [-0.05, 0) is 19.9 Å². The van der Waals surface area contributed by atoms with E-state index in [1.165, 1.54) is 22.2 Å². The van der Waals surface area contributed by atoms with Gasteiger partial charge in [-0.15, -0.1) is 0 Å². The molecule has 96 valence electrons. The minimum absolute atomic E-state index is 0.225. The molecule has 3 rings (SSSR count). The van der Waals surface area contributed by atoms with Gasteiger partial charge in [-0.3, -0.25) is 0 Å². The number of hydrogen-bond acceptors (Lipinski definition) is 2. The first kappa shape index (κ1) is 11.8. The number of nitrogens with one attached hydrogen (secondary N) is 1. The summed E-state index contributed by atoms with van der Waals surface area (Å²) in [7, 11) is 2.13. The van der Waals surface area contributed by atoms with Gasteiger partial charge in [-0.25, -0.2) is 0 Å². The molecule has 1 aromatic heterocycles. The highest BCUT2D eigenvalue weighted by atomic mass is 16.5. The average molecular weight is 244 g/mol. The second-order valence-electron chi connectivity index (χ2n) is 5.08. The van der Waals surface area contributed by atoms with E-state index >= 15 is 0 Å². The summed E-state index contributed by atoms with van der Waals surface area (Å²) < 4.78 is 8.06. The molecule has 3 heteroatoms. The molecule has 0 bridgehead atoms. The number of morpholine rings is 1. The summed E-state index contributed by atoms with van der Waals surface area (Å²) >= 11 is 0. The quantitative estimate of drug-likeness (QED) is 0.834. The first-order chi connectivity index (χ1) is 8.70. The zero-order valence-electron chi connectivity index (χ0n) is 11.2. The van der Waals surface area contributed by atoms with Gasteiger partial charge in [-0.1, -0.05) is 18.2 Å². The summed E-state index contributed by atoms with van der Waals surface area (Å²) in [6.07, 6.45) is 0.225. The van der Waals surface area contributed by atoms with E-state index in [0.29, 0.717) is 6.04 Å². The van der Waals surface area contributed by atoms with Crippen LogP contribution in [0.25, 0.3) is 10.9 Å². The Kier molecular flexibility index (Phi) is 2.88. The Hall–Kier alpha value is -1.32. The van der Waals surface area contributed by atoms with E-state index in [-0.39, 0.29) is 6.10 Å². The lowest BCUT2D eigenvalue weighted by atomic mass is 9.98. The van der Waals surface area contributed by atoms with Crippen molar-refractivity contribution in [3.8, 4) is 0 Å². The highest BCUT2D eigenvalue weighted by Gasteiger charge is 2.27. The molecule has 2 aromatic rings. The van der Waals surface area contributed by atoms with E-state index in [1.54, 1.807) is 0 Å². The van der Waals surface area contributed by atoms with Crippen molar-refractivity contribution in [1.82, 2.24) is 9.88 Å². The number of rotatable bonds is 1. The van der Waals surface area contributed by atoms with Crippen LogP contribution in [0.4, 0.5) is 0 Å². The zero-order chi connectivity index (χ0) is 12.7. The van der Waals surface area contributed by atoms with Crippen molar-refractivity contribution in [3.05, 3.63) is 35.5 Å². The van der Waals surface area contributed by atoms with Gasteiger partial charge in [0.2, 0.25) is 0 Å². The molecule has 0 radical (unpaired) electrons. The number of para-hydroxylation sites is 1. The second-order valence-corrected chi connectivity index (χ2v) is 5.08. The molecule has 1 aliphatic heterocycles. The van der Waals surface area contributed by atoms with Gasteiger partial charge in [0.15, 0.2) is 0 Å². The maximum atomic E-state index is 5.79. The molecule has 2 heterocycles. The molecule has 0 saturated carbocycles. The van der Waals surface area contributed by atoms with E-state index in [9.17, 15) is 0 Å². The van der Waals surface area contributed by atoms with Crippen LogP contribution in [0.15, 0.2) is 24.3 Å². The number of benzene rings is 1. The summed E-state index contributed by atoms with van der Waals surface area (Å²) in [6, 6.07) is 8.89. The lowest BCUT2D eigenvalue weighted by Crippen LogP contribution is -2.40. The number of aromatic nitrogens is 1. The number of hydrogen-bond donors (Lipinski definition) is 1. The molecule has 1 aliphatic rings. The number of nitrogens with zero attached hydrogens (tertiary/aromatic N) is 1. The van der Waals surface area contributed by atoms with Crippen molar-refractivity contribution in [2.75, 3.05) is 13.2 Å².